The molecule has 1 aromatic heterocycles. The molecule has 1 aliphatic heterocycles. The minimum absolute atomic E-state index is 0.0927. The largest absolute Gasteiger partial charge is 0.468 e. The summed E-state index contributed by atoms with van der Waals surface area (Å²) in [6, 6.07) is 11.2. The number of rotatable bonds is 6. The fourth-order valence-corrected chi connectivity index (χ4v) is 2.60. The zero-order valence-corrected chi connectivity index (χ0v) is 14.7. The summed E-state index contributed by atoms with van der Waals surface area (Å²) >= 11 is 0. The summed E-state index contributed by atoms with van der Waals surface area (Å²) in [7, 11) is 1.67. The summed E-state index contributed by atoms with van der Waals surface area (Å²) in [5, 5.41) is 6.96. The number of carbonyl (C=O) groups excluding carboxylic acids is 2. The Hall–Kier alpha value is -2.87. The number of hydrogen-bond acceptors (Lipinski definition) is 5. The van der Waals surface area contributed by atoms with Crippen LogP contribution in [0, 0.1) is 0 Å². The first-order chi connectivity index (χ1) is 12.6. The van der Waals surface area contributed by atoms with E-state index in [1.165, 1.54) is 10.7 Å². The molecule has 0 saturated carbocycles. The highest BCUT2D eigenvalue weighted by Crippen LogP contribution is 2.13. The van der Waals surface area contributed by atoms with Crippen LogP contribution < -0.4 is 10.1 Å². The van der Waals surface area contributed by atoms with Crippen LogP contribution >= 0.6 is 0 Å². The summed E-state index contributed by atoms with van der Waals surface area (Å²) < 4.78 is 12.2. The Bertz CT molecular complexity index is 754. The second-order valence-corrected chi connectivity index (χ2v) is 5.94. The van der Waals surface area contributed by atoms with Crippen LogP contribution in [0.25, 0.3) is 0 Å². The number of hydrogen-bond donors (Lipinski definition) is 1. The Kier molecular flexibility index (Phi) is 5.85. The lowest BCUT2D eigenvalue weighted by Gasteiger charge is -2.26. The third-order valence-corrected chi connectivity index (χ3v) is 4.07. The predicted molar refractivity (Wildman–Crippen MR) is 93.7 cm³/mol. The number of nitrogens with zero attached hydrogens (tertiary/aromatic N) is 3. The van der Waals surface area contributed by atoms with E-state index < -0.39 is 0 Å². The molecule has 1 N–H and O–H groups in total. The molecule has 2 amide bonds. The average Bonchev–Trinajstić information content (AvgIpc) is 3.06. The van der Waals surface area contributed by atoms with Crippen molar-refractivity contribution < 1.29 is 19.1 Å². The van der Waals surface area contributed by atoms with Crippen molar-refractivity contribution in [2.75, 3.05) is 32.9 Å². The fraction of sp³-hybridized carbons (Fsp3) is 0.389. The van der Waals surface area contributed by atoms with Gasteiger partial charge in [-0.1, -0.05) is 30.3 Å². The Labute approximate surface area is 151 Å². The summed E-state index contributed by atoms with van der Waals surface area (Å²) in [4.78, 5) is 26.1. The molecular formula is C18H22N4O4. The van der Waals surface area contributed by atoms with Crippen LogP contribution in [0.15, 0.2) is 36.4 Å². The van der Waals surface area contributed by atoms with Crippen molar-refractivity contribution in [3.8, 4) is 5.88 Å². The molecule has 0 atom stereocenters. The van der Waals surface area contributed by atoms with Crippen molar-refractivity contribution in [1.29, 1.82) is 0 Å². The van der Waals surface area contributed by atoms with E-state index in [9.17, 15) is 9.59 Å². The third-order valence-electron chi connectivity index (χ3n) is 4.07. The molecule has 26 heavy (non-hydrogen) atoms. The van der Waals surface area contributed by atoms with Crippen LogP contribution in [0.2, 0.25) is 0 Å². The topological polar surface area (TPSA) is 85.7 Å². The fourth-order valence-electron chi connectivity index (χ4n) is 2.60. The number of aromatic nitrogens is 2. The molecule has 2 heterocycles. The van der Waals surface area contributed by atoms with Crippen LogP contribution in [0.4, 0.5) is 0 Å². The lowest BCUT2D eigenvalue weighted by molar-refractivity contribution is -0.137. The standard InChI is InChI=1S/C18H22N4O4/c1-21-17(26-13-16(23)22-7-9-25-10-8-22)11-15(20-21)18(24)19-12-14-5-3-2-4-6-14/h2-6,11H,7-10,12-13H2,1H3,(H,19,24). The summed E-state index contributed by atoms with van der Waals surface area (Å²) in [5.74, 6) is -0.0279. The van der Waals surface area contributed by atoms with E-state index in [-0.39, 0.29) is 24.1 Å². The molecule has 1 aromatic carbocycles. The van der Waals surface area contributed by atoms with E-state index in [2.05, 4.69) is 10.4 Å². The van der Waals surface area contributed by atoms with Crippen molar-refractivity contribution in [3.05, 3.63) is 47.7 Å². The lowest BCUT2D eigenvalue weighted by Crippen LogP contribution is -2.43. The van der Waals surface area contributed by atoms with Gasteiger partial charge in [0.25, 0.3) is 11.8 Å². The maximum Gasteiger partial charge on any atom is 0.272 e. The molecule has 0 spiro atoms. The molecule has 0 aliphatic carbocycles. The number of aryl methyl sites for hydroxylation is 1. The Morgan fingerprint density at radius 1 is 1.23 bits per heavy atom. The quantitative estimate of drug-likeness (QED) is 0.817. The van der Waals surface area contributed by atoms with Gasteiger partial charge in [0.2, 0.25) is 5.88 Å². The van der Waals surface area contributed by atoms with Gasteiger partial charge in [-0.3, -0.25) is 9.59 Å². The highest BCUT2D eigenvalue weighted by molar-refractivity contribution is 5.92. The van der Waals surface area contributed by atoms with Crippen molar-refractivity contribution in [2.24, 2.45) is 7.05 Å². The zero-order valence-electron chi connectivity index (χ0n) is 14.7. The van der Waals surface area contributed by atoms with Crippen molar-refractivity contribution >= 4 is 11.8 Å². The first-order valence-corrected chi connectivity index (χ1v) is 8.48. The van der Waals surface area contributed by atoms with E-state index >= 15 is 0 Å². The maximum absolute atomic E-state index is 12.2. The normalized spacial score (nSPS) is 14.1. The molecule has 1 fully saturated rings. The first-order valence-electron chi connectivity index (χ1n) is 8.48. The Morgan fingerprint density at radius 3 is 2.69 bits per heavy atom. The molecule has 138 valence electrons. The molecule has 1 saturated heterocycles. The summed E-state index contributed by atoms with van der Waals surface area (Å²) in [5.41, 5.74) is 1.25. The number of amides is 2. The monoisotopic (exact) mass is 358 g/mol. The molecular weight excluding hydrogens is 336 g/mol. The minimum atomic E-state index is -0.293. The Balaban J connectivity index is 1.52. The second-order valence-electron chi connectivity index (χ2n) is 5.94. The smallest absolute Gasteiger partial charge is 0.272 e. The van der Waals surface area contributed by atoms with Gasteiger partial charge in [0.1, 0.15) is 0 Å². The van der Waals surface area contributed by atoms with Gasteiger partial charge in [-0.05, 0) is 5.56 Å². The van der Waals surface area contributed by atoms with Gasteiger partial charge in [0, 0.05) is 32.7 Å². The van der Waals surface area contributed by atoms with Crippen LogP contribution in [-0.2, 0) is 23.1 Å². The molecule has 0 unspecified atom stereocenters. The zero-order chi connectivity index (χ0) is 18.4. The SMILES string of the molecule is Cn1nc(C(=O)NCc2ccccc2)cc1OCC(=O)N1CCOCC1. The van der Waals surface area contributed by atoms with Gasteiger partial charge in [-0.15, -0.1) is 0 Å². The Morgan fingerprint density at radius 2 is 1.96 bits per heavy atom. The van der Waals surface area contributed by atoms with Crippen molar-refractivity contribution in [1.82, 2.24) is 20.0 Å². The van der Waals surface area contributed by atoms with Gasteiger partial charge in [-0.25, -0.2) is 4.68 Å². The number of benzene rings is 1. The number of nitrogens with one attached hydrogen (secondary N) is 1. The van der Waals surface area contributed by atoms with E-state index in [1.807, 2.05) is 30.3 Å². The lowest BCUT2D eigenvalue weighted by atomic mass is 10.2. The second kappa shape index (κ2) is 8.48. The van der Waals surface area contributed by atoms with Crippen molar-refractivity contribution in [3.63, 3.8) is 0 Å². The van der Waals surface area contributed by atoms with E-state index in [1.54, 1.807) is 11.9 Å². The van der Waals surface area contributed by atoms with Crippen LogP contribution in [0.3, 0.4) is 0 Å². The van der Waals surface area contributed by atoms with Gasteiger partial charge in [0.15, 0.2) is 12.3 Å². The van der Waals surface area contributed by atoms with Crippen LogP contribution in [-0.4, -0.2) is 59.4 Å². The number of ether oxygens (including phenoxy) is 2. The highest BCUT2D eigenvalue weighted by Gasteiger charge is 2.19. The third kappa shape index (κ3) is 4.60. The minimum Gasteiger partial charge on any atom is -0.468 e. The summed E-state index contributed by atoms with van der Waals surface area (Å²) in [6.07, 6.45) is 0. The number of carbonyl (C=O) groups is 2. The highest BCUT2D eigenvalue weighted by atomic mass is 16.5. The van der Waals surface area contributed by atoms with E-state index in [4.69, 9.17) is 9.47 Å². The average molecular weight is 358 g/mol. The summed E-state index contributed by atoms with van der Waals surface area (Å²) in [6.45, 7) is 2.56. The first kappa shape index (κ1) is 17.9. The van der Waals surface area contributed by atoms with Crippen LogP contribution in [0.1, 0.15) is 16.1 Å². The van der Waals surface area contributed by atoms with Crippen LogP contribution in [0.5, 0.6) is 5.88 Å². The molecule has 8 nitrogen and oxygen atoms in total. The molecule has 0 radical (unpaired) electrons. The molecule has 8 heteroatoms. The van der Waals surface area contributed by atoms with E-state index in [0.29, 0.717) is 38.7 Å². The van der Waals surface area contributed by atoms with Crippen molar-refractivity contribution in [2.45, 2.75) is 6.54 Å². The number of morpholine rings is 1. The predicted octanol–water partition coefficient (Wildman–Crippen LogP) is 0.588. The van der Waals surface area contributed by atoms with Gasteiger partial charge >= 0.3 is 0 Å². The molecule has 0 bridgehead atoms. The molecule has 2 aromatic rings. The van der Waals surface area contributed by atoms with E-state index in [0.717, 1.165) is 5.56 Å². The van der Waals surface area contributed by atoms with Gasteiger partial charge in [-0.2, -0.15) is 5.10 Å². The van der Waals surface area contributed by atoms with Gasteiger partial charge in [0.05, 0.1) is 13.2 Å². The maximum atomic E-state index is 12.2. The molecule has 1 aliphatic rings. The van der Waals surface area contributed by atoms with Gasteiger partial charge < -0.3 is 19.7 Å². The molecule has 3 rings (SSSR count).